The van der Waals surface area contributed by atoms with Gasteiger partial charge in [-0.25, -0.2) is 9.78 Å². The molecule has 0 aromatic carbocycles. The van der Waals surface area contributed by atoms with E-state index in [1.54, 1.807) is 11.5 Å². The van der Waals surface area contributed by atoms with E-state index in [9.17, 15) is 4.79 Å². The molecule has 3 aromatic heterocycles. The van der Waals surface area contributed by atoms with Gasteiger partial charge >= 0.3 is 5.69 Å². The second-order valence-electron chi connectivity index (χ2n) is 4.01. The first-order valence-corrected chi connectivity index (χ1v) is 6.75. The number of ether oxygens (including phenoxy) is 1. The zero-order valence-corrected chi connectivity index (χ0v) is 11.8. The summed E-state index contributed by atoms with van der Waals surface area (Å²) in [6.45, 7) is 3.80. The molecule has 0 amide bonds. The van der Waals surface area contributed by atoms with Crippen molar-refractivity contribution in [1.29, 1.82) is 0 Å². The molecule has 0 unspecified atom stereocenters. The average Bonchev–Trinajstić information content (AvgIpc) is 3.18. The van der Waals surface area contributed by atoms with Gasteiger partial charge in [-0.05, 0) is 10.4 Å². The first-order valence-electron chi connectivity index (χ1n) is 6.37. The van der Waals surface area contributed by atoms with Crippen molar-refractivity contribution >= 4 is 17.4 Å². The first kappa shape index (κ1) is 12.1. The lowest BCUT2D eigenvalue weighted by molar-refractivity contribution is 0.301. The van der Waals surface area contributed by atoms with E-state index in [-0.39, 0.29) is 18.7 Å². The van der Waals surface area contributed by atoms with E-state index in [4.69, 9.17) is 10.5 Å². The largest absolute Gasteiger partial charge is 0.465 e. The predicted molar refractivity (Wildman–Crippen MR) is 75.4 cm³/mol. The Kier molecular flexibility index (Phi) is 3.09. The molecule has 0 radical (unpaired) electrons. The fraction of sp³-hybridized carbons (Fsp3) is 0.167. The molecule has 0 N–H and O–H groups in total. The molecule has 0 saturated carbocycles. The van der Waals surface area contributed by atoms with Crippen molar-refractivity contribution in [2.75, 3.05) is 0 Å². The Balaban J connectivity index is 1.95. The smallest absolute Gasteiger partial charge is 0.370 e. The lowest BCUT2D eigenvalue weighted by Gasteiger charge is -2.03. The second-order valence-corrected chi connectivity index (χ2v) is 4.83. The maximum Gasteiger partial charge on any atom is 0.370 e. The summed E-state index contributed by atoms with van der Waals surface area (Å²) in [5, 5.41) is 9.31. The van der Waals surface area contributed by atoms with Crippen LogP contribution in [0.4, 0.5) is 0 Å². The number of hydrogen-bond acceptors (Lipinski definition) is 7. The molecule has 9 heteroatoms. The van der Waals surface area contributed by atoms with Gasteiger partial charge in [0, 0.05) is 24.2 Å². The van der Waals surface area contributed by atoms with E-state index in [1.807, 2.05) is 0 Å². The molecule has 0 aliphatic rings. The van der Waals surface area contributed by atoms with Crippen molar-refractivity contribution in [3.8, 4) is 11.1 Å². The molecule has 0 fully saturated rings. The van der Waals surface area contributed by atoms with Gasteiger partial charge in [-0.15, -0.1) is 4.68 Å². The number of furan rings is 1. The van der Waals surface area contributed by atoms with Crippen molar-refractivity contribution in [2.24, 2.45) is 7.05 Å². The minimum atomic E-state index is -0.436. The summed E-state index contributed by atoms with van der Waals surface area (Å²) >= 11 is 1.22. The third-order valence-corrected chi connectivity index (χ3v) is 3.38. The molecular formula is C12H11N5O3S. The molecule has 0 bridgehead atoms. The Morgan fingerprint density at radius 1 is 1.62 bits per heavy atom. The molecule has 0 saturated heterocycles. The minimum absolute atomic E-state index is 0.100. The van der Waals surface area contributed by atoms with Gasteiger partial charge in [0.05, 0.1) is 6.93 Å². The summed E-state index contributed by atoms with van der Waals surface area (Å²) in [6.07, 6.45) is 3.19. The van der Waals surface area contributed by atoms with Gasteiger partial charge in [0.2, 0.25) is 5.88 Å². The fourth-order valence-electron chi connectivity index (χ4n) is 1.70. The van der Waals surface area contributed by atoms with Crippen LogP contribution in [-0.2, 0) is 13.7 Å². The van der Waals surface area contributed by atoms with Crippen molar-refractivity contribution in [1.82, 2.24) is 24.8 Å². The van der Waals surface area contributed by atoms with Gasteiger partial charge < -0.3 is 9.15 Å². The van der Waals surface area contributed by atoms with Crippen LogP contribution < -0.4 is 10.4 Å². The topological polar surface area (TPSA) is 88.0 Å². The number of aromatic nitrogens is 5. The molecule has 3 rings (SSSR count). The highest BCUT2D eigenvalue weighted by atomic mass is 32.1. The van der Waals surface area contributed by atoms with E-state index in [0.717, 1.165) is 9.36 Å². The standard InChI is InChI=1S/C12H11N5O3S/c1-3-8-6-19-10(17-12(18)16(2)14-15-17)9(8)7-20-11-13-4-5-21-11/h3-6H,1,7H2,2H3/i4T. The molecule has 8 nitrogen and oxygen atoms in total. The highest BCUT2D eigenvalue weighted by molar-refractivity contribution is 7.11. The lowest BCUT2D eigenvalue weighted by Crippen LogP contribution is -2.22. The monoisotopic (exact) mass is 307 g/mol. The summed E-state index contributed by atoms with van der Waals surface area (Å²) in [5.74, 6) is 0.218. The Labute approximate surface area is 124 Å². The van der Waals surface area contributed by atoms with Gasteiger partial charge in [-0.1, -0.05) is 24.0 Å². The summed E-state index contributed by atoms with van der Waals surface area (Å²) in [6, 6.07) is 0. The summed E-state index contributed by atoms with van der Waals surface area (Å²) in [4.78, 5) is 15.8. The highest BCUT2D eigenvalue weighted by Gasteiger charge is 2.19. The maximum atomic E-state index is 11.9. The van der Waals surface area contributed by atoms with Gasteiger partial charge in [-0.3, -0.25) is 0 Å². The van der Waals surface area contributed by atoms with Gasteiger partial charge in [-0.2, -0.15) is 4.68 Å². The second kappa shape index (κ2) is 5.37. The predicted octanol–water partition coefficient (Wildman–Crippen LogP) is 1.24. The number of hydrogen-bond donors (Lipinski definition) is 0. The van der Waals surface area contributed by atoms with Crippen LogP contribution >= 0.6 is 11.3 Å². The Morgan fingerprint density at radius 2 is 2.48 bits per heavy atom. The van der Waals surface area contributed by atoms with Crippen molar-refractivity contribution in [3.05, 3.63) is 46.0 Å². The molecule has 0 aliphatic carbocycles. The maximum absolute atomic E-state index is 11.9. The SMILES string of the molecule is [3H]c1csc(OCc2c(C=C)coc2-n2nnn(C)c2=O)n1. The van der Waals surface area contributed by atoms with Crippen LogP contribution in [0.5, 0.6) is 5.19 Å². The van der Waals surface area contributed by atoms with Crippen LogP contribution in [0.2, 0.25) is 0 Å². The van der Waals surface area contributed by atoms with Crippen LogP contribution in [0.15, 0.2) is 33.6 Å². The van der Waals surface area contributed by atoms with Crippen LogP contribution in [0, 0.1) is 0 Å². The Morgan fingerprint density at radius 3 is 3.10 bits per heavy atom. The van der Waals surface area contributed by atoms with Crippen LogP contribution in [-0.4, -0.2) is 24.8 Å². The highest BCUT2D eigenvalue weighted by Crippen LogP contribution is 2.23. The third-order valence-electron chi connectivity index (χ3n) is 2.75. The van der Waals surface area contributed by atoms with Crippen LogP contribution in [0.3, 0.4) is 0 Å². The zero-order chi connectivity index (χ0) is 15.7. The van der Waals surface area contributed by atoms with E-state index in [1.165, 1.54) is 24.6 Å². The summed E-state index contributed by atoms with van der Waals surface area (Å²) in [5.41, 5.74) is 0.837. The van der Waals surface area contributed by atoms with E-state index in [2.05, 4.69) is 22.0 Å². The molecule has 0 aliphatic heterocycles. The number of tetrazole rings is 1. The van der Waals surface area contributed by atoms with Crippen molar-refractivity contribution < 1.29 is 10.5 Å². The quantitative estimate of drug-likeness (QED) is 0.704. The van der Waals surface area contributed by atoms with Crippen molar-refractivity contribution in [3.63, 3.8) is 0 Å². The summed E-state index contributed by atoms with van der Waals surface area (Å²) < 4.78 is 20.4. The number of aryl methyl sites for hydroxylation is 1. The van der Waals surface area contributed by atoms with Gasteiger partial charge in [0.1, 0.15) is 12.9 Å². The molecule has 108 valence electrons. The Bertz CT molecular complexity index is 878. The molecule has 0 spiro atoms. The van der Waals surface area contributed by atoms with E-state index < -0.39 is 5.69 Å². The van der Waals surface area contributed by atoms with Crippen LogP contribution in [0.1, 0.15) is 12.5 Å². The number of rotatable bonds is 5. The van der Waals surface area contributed by atoms with Crippen molar-refractivity contribution in [2.45, 2.75) is 6.61 Å². The average molecular weight is 307 g/mol. The molecular weight excluding hydrogens is 294 g/mol. The molecule has 3 heterocycles. The normalized spacial score (nSPS) is 11.4. The van der Waals surface area contributed by atoms with Gasteiger partial charge in [0.25, 0.3) is 5.19 Å². The number of thiazole rings is 1. The van der Waals surface area contributed by atoms with Crippen LogP contribution in [0.25, 0.3) is 12.0 Å². The van der Waals surface area contributed by atoms with Gasteiger partial charge in [0.15, 0.2) is 0 Å². The minimum Gasteiger partial charge on any atom is -0.465 e. The third kappa shape index (κ3) is 2.38. The molecule has 0 atom stereocenters. The Hall–Kier alpha value is -2.68. The summed E-state index contributed by atoms with van der Waals surface area (Å²) in [7, 11) is 1.49. The zero-order valence-electron chi connectivity index (χ0n) is 12.0. The molecule has 3 aromatic rings. The van der Waals surface area contributed by atoms with E-state index in [0.29, 0.717) is 16.3 Å². The first-order chi connectivity index (χ1) is 10.6. The van der Waals surface area contributed by atoms with E-state index >= 15 is 0 Å². The molecule has 21 heavy (non-hydrogen) atoms. The number of nitrogens with zero attached hydrogens (tertiary/aromatic N) is 5. The lowest BCUT2D eigenvalue weighted by atomic mass is 10.2. The fourth-order valence-corrected chi connectivity index (χ4v) is 2.14.